The summed E-state index contributed by atoms with van der Waals surface area (Å²) >= 11 is 0. The average Bonchev–Trinajstić information content (AvgIpc) is 3.27. The Morgan fingerprint density at radius 3 is 2.62 bits per heavy atom. The minimum atomic E-state index is -1.83. The number of fused-ring (bicyclic) bond motifs is 2. The number of nitrogens with one attached hydrogen (secondary N) is 1. The standard InChI is InChI=1S/C27H46N2O2Si/c1-18-9-10-22-21(16-30)23(11-12-26(18,22)5)27(6)14-19-15-28-29-24(19)13-20(27)17-31-32(7,8)25(2,3)4/h15,20-23,30H,1,9-14,16-17H2,2-8H3,(H,28,29)/t20-,21+,22+,23+,26-,27+/m1/s1. The molecule has 4 rings (SSSR count). The third kappa shape index (κ3) is 3.76. The zero-order valence-electron chi connectivity index (χ0n) is 21.6. The van der Waals surface area contributed by atoms with Gasteiger partial charge in [0.15, 0.2) is 8.32 Å². The predicted octanol–water partition coefficient (Wildman–Crippen LogP) is 6.14. The first kappa shape index (κ1) is 24.2. The molecule has 2 fully saturated rings. The molecule has 32 heavy (non-hydrogen) atoms. The fourth-order valence-electron chi connectivity index (χ4n) is 7.18. The Morgan fingerprint density at radius 2 is 1.97 bits per heavy atom. The van der Waals surface area contributed by atoms with Crippen LogP contribution in [-0.4, -0.2) is 36.8 Å². The zero-order valence-corrected chi connectivity index (χ0v) is 22.6. The highest BCUT2D eigenvalue weighted by molar-refractivity contribution is 6.74. The lowest BCUT2D eigenvalue weighted by molar-refractivity contribution is -0.0726. The van der Waals surface area contributed by atoms with Gasteiger partial charge >= 0.3 is 0 Å². The lowest BCUT2D eigenvalue weighted by Crippen LogP contribution is -2.53. The Bertz CT molecular complexity index is 856. The number of hydrogen-bond acceptors (Lipinski definition) is 3. The molecule has 5 heteroatoms. The molecule has 0 aromatic carbocycles. The van der Waals surface area contributed by atoms with E-state index in [0.29, 0.717) is 30.3 Å². The molecule has 0 saturated heterocycles. The van der Waals surface area contributed by atoms with Gasteiger partial charge in [-0.1, -0.05) is 46.8 Å². The number of H-pyrrole nitrogens is 1. The second kappa shape index (κ2) is 8.09. The van der Waals surface area contributed by atoms with Crippen LogP contribution in [0, 0.1) is 34.5 Å². The zero-order chi connectivity index (χ0) is 23.5. The molecule has 6 atom stereocenters. The van der Waals surface area contributed by atoms with Crippen LogP contribution in [0.5, 0.6) is 0 Å². The van der Waals surface area contributed by atoms with Gasteiger partial charge in [-0.05, 0) is 96.7 Å². The van der Waals surface area contributed by atoms with Crippen LogP contribution < -0.4 is 0 Å². The molecule has 1 heterocycles. The van der Waals surface area contributed by atoms with Crippen LogP contribution in [0.1, 0.15) is 71.6 Å². The maximum absolute atomic E-state index is 10.7. The lowest BCUT2D eigenvalue weighted by Gasteiger charge is -2.56. The van der Waals surface area contributed by atoms with Gasteiger partial charge in [-0.2, -0.15) is 5.10 Å². The minimum absolute atomic E-state index is 0.109. The van der Waals surface area contributed by atoms with E-state index in [9.17, 15) is 5.11 Å². The third-order valence-electron chi connectivity index (χ3n) is 10.7. The first-order valence-electron chi connectivity index (χ1n) is 12.8. The molecule has 0 radical (unpaired) electrons. The maximum atomic E-state index is 10.7. The summed E-state index contributed by atoms with van der Waals surface area (Å²) < 4.78 is 6.83. The van der Waals surface area contributed by atoms with Gasteiger partial charge in [0.1, 0.15) is 0 Å². The molecule has 0 aliphatic heterocycles. The van der Waals surface area contributed by atoms with Crippen molar-refractivity contribution in [3.8, 4) is 0 Å². The van der Waals surface area contributed by atoms with E-state index in [1.807, 2.05) is 6.20 Å². The van der Waals surface area contributed by atoms with Gasteiger partial charge in [-0.15, -0.1) is 0 Å². The Kier molecular flexibility index (Phi) is 6.12. The van der Waals surface area contributed by atoms with Gasteiger partial charge in [0, 0.05) is 18.9 Å². The van der Waals surface area contributed by atoms with Crippen molar-refractivity contribution in [3.05, 3.63) is 29.6 Å². The van der Waals surface area contributed by atoms with Crippen molar-refractivity contribution in [2.75, 3.05) is 13.2 Å². The Balaban J connectivity index is 1.65. The molecule has 4 nitrogen and oxygen atoms in total. The van der Waals surface area contributed by atoms with E-state index in [-0.39, 0.29) is 15.9 Å². The minimum Gasteiger partial charge on any atom is -0.417 e. The van der Waals surface area contributed by atoms with Crippen molar-refractivity contribution in [2.45, 2.75) is 91.3 Å². The molecule has 1 aromatic rings. The van der Waals surface area contributed by atoms with Gasteiger partial charge in [-0.25, -0.2) is 0 Å². The van der Waals surface area contributed by atoms with Crippen LogP contribution in [0.25, 0.3) is 0 Å². The summed E-state index contributed by atoms with van der Waals surface area (Å²) in [6, 6.07) is 0. The highest BCUT2D eigenvalue weighted by Crippen LogP contribution is 2.63. The molecule has 180 valence electrons. The van der Waals surface area contributed by atoms with Crippen LogP contribution in [-0.2, 0) is 17.3 Å². The molecule has 0 bridgehead atoms. The van der Waals surface area contributed by atoms with Gasteiger partial charge in [-0.3, -0.25) is 5.10 Å². The van der Waals surface area contributed by atoms with Crippen LogP contribution in [0.4, 0.5) is 0 Å². The Labute approximate surface area is 196 Å². The number of rotatable bonds is 5. The van der Waals surface area contributed by atoms with Gasteiger partial charge in [0.2, 0.25) is 0 Å². The van der Waals surface area contributed by atoms with E-state index in [4.69, 9.17) is 4.43 Å². The summed E-state index contributed by atoms with van der Waals surface area (Å²) in [5.74, 6) is 1.86. The topological polar surface area (TPSA) is 58.1 Å². The molecule has 0 spiro atoms. The molecule has 0 unspecified atom stereocenters. The van der Waals surface area contributed by atoms with Crippen molar-refractivity contribution < 1.29 is 9.53 Å². The number of hydrogen-bond donors (Lipinski definition) is 2. The van der Waals surface area contributed by atoms with Crippen LogP contribution >= 0.6 is 0 Å². The van der Waals surface area contributed by atoms with Gasteiger partial charge in [0.25, 0.3) is 0 Å². The molecule has 3 aliphatic carbocycles. The van der Waals surface area contributed by atoms with E-state index in [2.05, 4.69) is 64.5 Å². The van der Waals surface area contributed by atoms with E-state index in [1.165, 1.54) is 36.1 Å². The van der Waals surface area contributed by atoms with E-state index in [0.717, 1.165) is 25.9 Å². The number of aromatic amines is 1. The van der Waals surface area contributed by atoms with E-state index < -0.39 is 8.32 Å². The van der Waals surface area contributed by atoms with Gasteiger partial charge < -0.3 is 9.53 Å². The predicted molar refractivity (Wildman–Crippen MR) is 134 cm³/mol. The molecule has 2 N–H and O–H groups in total. The summed E-state index contributed by atoms with van der Waals surface area (Å²) in [7, 11) is -1.83. The fourth-order valence-corrected chi connectivity index (χ4v) is 8.23. The first-order chi connectivity index (χ1) is 14.8. The maximum Gasteiger partial charge on any atom is 0.191 e. The normalized spacial score (nSPS) is 37.9. The molecule has 1 aromatic heterocycles. The lowest BCUT2D eigenvalue weighted by atomic mass is 9.49. The number of aromatic nitrogens is 2. The molecular weight excluding hydrogens is 412 g/mol. The summed E-state index contributed by atoms with van der Waals surface area (Å²) in [6.07, 6.45) is 8.79. The molecular formula is C27H46N2O2Si. The summed E-state index contributed by atoms with van der Waals surface area (Å²) in [5.41, 5.74) is 4.41. The quantitative estimate of drug-likeness (QED) is 0.411. The van der Waals surface area contributed by atoms with Crippen molar-refractivity contribution in [1.29, 1.82) is 0 Å². The fraction of sp³-hybridized carbons (Fsp3) is 0.815. The molecule has 3 aliphatic rings. The summed E-state index contributed by atoms with van der Waals surface area (Å²) in [4.78, 5) is 0. The number of nitrogens with zero attached hydrogens (tertiary/aromatic N) is 1. The first-order valence-corrected chi connectivity index (χ1v) is 15.7. The van der Waals surface area contributed by atoms with Crippen molar-refractivity contribution in [2.24, 2.45) is 34.5 Å². The highest BCUT2D eigenvalue weighted by atomic mass is 28.4. The smallest absolute Gasteiger partial charge is 0.191 e. The van der Waals surface area contributed by atoms with Crippen molar-refractivity contribution >= 4 is 8.32 Å². The number of aliphatic hydroxyl groups is 1. The van der Waals surface area contributed by atoms with Gasteiger partial charge in [0.05, 0.1) is 6.20 Å². The Morgan fingerprint density at radius 1 is 1.25 bits per heavy atom. The third-order valence-corrected chi connectivity index (χ3v) is 15.2. The average molecular weight is 459 g/mol. The van der Waals surface area contributed by atoms with Crippen LogP contribution in [0.2, 0.25) is 18.1 Å². The van der Waals surface area contributed by atoms with E-state index >= 15 is 0 Å². The van der Waals surface area contributed by atoms with Crippen LogP contribution in [0.15, 0.2) is 18.3 Å². The number of aliphatic hydroxyl groups excluding tert-OH is 1. The largest absolute Gasteiger partial charge is 0.417 e. The Hall–Kier alpha value is -0.913. The monoisotopic (exact) mass is 458 g/mol. The van der Waals surface area contributed by atoms with E-state index in [1.54, 1.807) is 0 Å². The highest BCUT2D eigenvalue weighted by Gasteiger charge is 2.57. The van der Waals surface area contributed by atoms with Crippen molar-refractivity contribution in [1.82, 2.24) is 10.2 Å². The van der Waals surface area contributed by atoms with Crippen LogP contribution in [0.3, 0.4) is 0 Å². The van der Waals surface area contributed by atoms with Crippen molar-refractivity contribution in [3.63, 3.8) is 0 Å². The summed E-state index contributed by atoms with van der Waals surface area (Å²) in [5, 5.41) is 18.6. The SMILES string of the molecule is C=C1CC[C@H]2[C@H](CO)[C@@H]([C@@]3(C)Cc4cn[nH]c4C[C@@H]3CO[Si](C)(C)C(C)(C)C)CC[C@]12C. The summed E-state index contributed by atoms with van der Waals surface area (Å²) in [6.45, 7) is 22.2. The molecule has 2 saturated carbocycles. The molecule has 0 amide bonds. The second-order valence-electron chi connectivity index (χ2n) is 13.2. The number of allylic oxidation sites excluding steroid dienone is 1. The second-order valence-corrected chi connectivity index (χ2v) is 18.0.